The monoisotopic (exact) mass is 194 g/mol. The zero-order valence-corrected chi connectivity index (χ0v) is 8.45. The van der Waals surface area contributed by atoms with Crippen LogP contribution in [0.5, 0.6) is 0 Å². The second-order valence-corrected chi connectivity index (χ2v) is 3.72. The normalized spacial score (nSPS) is 15.1. The van der Waals surface area contributed by atoms with Crippen molar-refractivity contribution in [1.82, 2.24) is 20.0 Å². The predicted molar refractivity (Wildman–Crippen MR) is 51.8 cm³/mol. The van der Waals surface area contributed by atoms with Crippen molar-refractivity contribution in [3.63, 3.8) is 0 Å². The molecule has 0 saturated heterocycles. The van der Waals surface area contributed by atoms with Crippen LogP contribution in [-0.2, 0) is 13.0 Å². The van der Waals surface area contributed by atoms with Crippen molar-refractivity contribution >= 4 is 6.03 Å². The molecule has 0 fully saturated rings. The smallest absolute Gasteiger partial charge is 0.319 e. The van der Waals surface area contributed by atoms with Gasteiger partial charge in [-0.15, -0.1) is 0 Å². The molecule has 0 atom stereocenters. The van der Waals surface area contributed by atoms with Crippen LogP contribution >= 0.6 is 0 Å². The van der Waals surface area contributed by atoms with Gasteiger partial charge < -0.3 is 9.80 Å². The summed E-state index contributed by atoms with van der Waals surface area (Å²) in [7, 11) is 3.54. The van der Waals surface area contributed by atoms with Crippen molar-refractivity contribution in [3.8, 4) is 0 Å². The van der Waals surface area contributed by atoms with E-state index < -0.39 is 0 Å². The minimum absolute atomic E-state index is 0.0665. The van der Waals surface area contributed by atoms with Gasteiger partial charge in [-0.1, -0.05) is 0 Å². The van der Waals surface area contributed by atoms with E-state index in [1.54, 1.807) is 25.2 Å². The first kappa shape index (κ1) is 9.05. The van der Waals surface area contributed by atoms with Crippen LogP contribution < -0.4 is 0 Å². The van der Waals surface area contributed by atoms with Gasteiger partial charge >= 0.3 is 6.03 Å². The summed E-state index contributed by atoms with van der Waals surface area (Å²) in [4.78, 5) is 15.1. The zero-order chi connectivity index (χ0) is 10.1. The third kappa shape index (κ3) is 1.45. The SMILES string of the molecule is CN(C)C(=O)N1CCc2[nH]ncc2C1. The average molecular weight is 194 g/mol. The van der Waals surface area contributed by atoms with Gasteiger partial charge in [0, 0.05) is 38.3 Å². The first-order valence-electron chi connectivity index (χ1n) is 4.66. The number of amides is 2. The molecule has 0 saturated carbocycles. The lowest BCUT2D eigenvalue weighted by Crippen LogP contribution is -2.41. The summed E-state index contributed by atoms with van der Waals surface area (Å²) in [6.07, 6.45) is 2.67. The highest BCUT2D eigenvalue weighted by Gasteiger charge is 2.22. The van der Waals surface area contributed by atoms with E-state index in [0.717, 1.165) is 24.2 Å². The van der Waals surface area contributed by atoms with Gasteiger partial charge in [0.2, 0.25) is 0 Å². The second kappa shape index (κ2) is 3.32. The number of rotatable bonds is 0. The minimum atomic E-state index is 0.0665. The van der Waals surface area contributed by atoms with Gasteiger partial charge in [0.25, 0.3) is 0 Å². The Morgan fingerprint density at radius 2 is 2.43 bits per heavy atom. The number of aromatic nitrogens is 2. The van der Waals surface area contributed by atoms with Gasteiger partial charge in [-0.2, -0.15) is 5.10 Å². The topological polar surface area (TPSA) is 52.2 Å². The van der Waals surface area contributed by atoms with E-state index in [0.29, 0.717) is 6.54 Å². The van der Waals surface area contributed by atoms with E-state index >= 15 is 0 Å². The molecule has 76 valence electrons. The number of nitrogens with one attached hydrogen (secondary N) is 1. The summed E-state index contributed by atoms with van der Waals surface area (Å²) in [6, 6.07) is 0.0665. The number of carbonyl (C=O) groups excluding carboxylic acids is 1. The lowest BCUT2D eigenvalue weighted by Gasteiger charge is -2.29. The molecule has 5 heteroatoms. The highest BCUT2D eigenvalue weighted by molar-refractivity contribution is 5.74. The molecule has 1 aromatic rings. The standard InChI is InChI=1S/C9H14N4O/c1-12(2)9(14)13-4-3-8-7(6-13)5-10-11-8/h5H,3-4,6H2,1-2H3,(H,10,11). The van der Waals surface area contributed by atoms with Crippen LogP contribution in [0, 0.1) is 0 Å². The van der Waals surface area contributed by atoms with E-state index in [2.05, 4.69) is 10.2 Å². The van der Waals surface area contributed by atoms with Crippen LogP contribution in [-0.4, -0.2) is 46.7 Å². The maximum atomic E-state index is 11.7. The minimum Gasteiger partial charge on any atom is -0.331 e. The van der Waals surface area contributed by atoms with Crippen molar-refractivity contribution in [2.75, 3.05) is 20.6 Å². The van der Waals surface area contributed by atoms with Crippen LogP contribution in [0.15, 0.2) is 6.20 Å². The highest BCUT2D eigenvalue weighted by Crippen LogP contribution is 2.16. The number of fused-ring (bicyclic) bond motifs is 1. The average Bonchev–Trinajstić information content (AvgIpc) is 2.62. The molecule has 5 nitrogen and oxygen atoms in total. The van der Waals surface area contributed by atoms with E-state index in [9.17, 15) is 4.79 Å². The summed E-state index contributed by atoms with van der Waals surface area (Å²) in [5.74, 6) is 0. The molecule has 1 aliphatic heterocycles. The largest absolute Gasteiger partial charge is 0.331 e. The lowest BCUT2D eigenvalue weighted by molar-refractivity contribution is 0.165. The maximum Gasteiger partial charge on any atom is 0.319 e. The van der Waals surface area contributed by atoms with Gasteiger partial charge in [-0.05, 0) is 0 Å². The van der Waals surface area contributed by atoms with Crippen LogP contribution in [0.1, 0.15) is 11.3 Å². The van der Waals surface area contributed by atoms with Gasteiger partial charge in [-0.25, -0.2) is 4.79 Å². The molecule has 14 heavy (non-hydrogen) atoms. The number of urea groups is 1. The number of H-pyrrole nitrogens is 1. The summed E-state index contributed by atoms with van der Waals surface area (Å²) >= 11 is 0. The van der Waals surface area contributed by atoms with Crippen molar-refractivity contribution in [3.05, 3.63) is 17.5 Å². The first-order valence-corrected chi connectivity index (χ1v) is 4.66. The molecule has 2 amide bonds. The predicted octanol–water partition coefficient (Wildman–Crippen LogP) is 0.449. The molecule has 2 rings (SSSR count). The molecular formula is C9H14N4O. The highest BCUT2D eigenvalue weighted by atomic mass is 16.2. The number of hydrogen-bond acceptors (Lipinski definition) is 2. The van der Waals surface area contributed by atoms with Crippen molar-refractivity contribution in [2.45, 2.75) is 13.0 Å². The van der Waals surface area contributed by atoms with E-state index in [1.807, 2.05) is 4.90 Å². The fraction of sp³-hybridized carbons (Fsp3) is 0.556. The van der Waals surface area contributed by atoms with Gasteiger partial charge in [0.05, 0.1) is 12.7 Å². The van der Waals surface area contributed by atoms with E-state index in [1.165, 1.54) is 0 Å². The molecule has 0 bridgehead atoms. The Morgan fingerprint density at radius 1 is 1.64 bits per heavy atom. The van der Waals surface area contributed by atoms with Crippen molar-refractivity contribution < 1.29 is 4.79 Å². The van der Waals surface area contributed by atoms with Crippen LogP contribution in [0.3, 0.4) is 0 Å². The first-order chi connectivity index (χ1) is 6.68. The maximum absolute atomic E-state index is 11.7. The number of carbonyl (C=O) groups is 1. The fourth-order valence-electron chi connectivity index (χ4n) is 1.67. The molecule has 1 aromatic heterocycles. The summed E-state index contributed by atoms with van der Waals surface area (Å²) in [6.45, 7) is 1.44. The Morgan fingerprint density at radius 3 is 3.14 bits per heavy atom. The molecule has 0 unspecified atom stereocenters. The third-order valence-electron chi connectivity index (χ3n) is 2.45. The van der Waals surface area contributed by atoms with E-state index in [-0.39, 0.29) is 6.03 Å². The van der Waals surface area contributed by atoms with Crippen LogP contribution in [0.2, 0.25) is 0 Å². The van der Waals surface area contributed by atoms with Crippen molar-refractivity contribution in [2.24, 2.45) is 0 Å². The van der Waals surface area contributed by atoms with Crippen LogP contribution in [0.25, 0.3) is 0 Å². The van der Waals surface area contributed by atoms with Crippen molar-refractivity contribution in [1.29, 1.82) is 0 Å². The zero-order valence-electron chi connectivity index (χ0n) is 8.45. The van der Waals surface area contributed by atoms with Gasteiger partial charge in [0.15, 0.2) is 0 Å². The molecule has 0 aliphatic carbocycles. The summed E-state index contributed by atoms with van der Waals surface area (Å²) in [5.41, 5.74) is 2.29. The summed E-state index contributed by atoms with van der Waals surface area (Å²) < 4.78 is 0. The number of nitrogens with zero attached hydrogens (tertiary/aromatic N) is 3. The van der Waals surface area contributed by atoms with Gasteiger partial charge in [0.1, 0.15) is 0 Å². The Bertz CT molecular complexity index is 344. The molecule has 1 aliphatic rings. The molecule has 0 aromatic carbocycles. The molecular weight excluding hydrogens is 180 g/mol. The summed E-state index contributed by atoms with van der Waals surface area (Å²) in [5, 5.41) is 6.91. The molecule has 1 N–H and O–H groups in total. The Balaban J connectivity index is 2.11. The Kier molecular flexibility index (Phi) is 2.15. The second-order valence-electron chi connectivity index (χ2n) is 3.72. The molecule has 0 spiro atoms. The van der Waals surface area contributed by atoms with E-state index in [4.69, 9.17) is 0 Å². The number of hydrogen-bond donors (Lipinski definition) is 1. The van der Waals surface area contributed by atoms with Gasteiger partial charge in [-0.3, -0.25) is 5.10 Å². The quantitative estimate of drug-likeness (QED) is 0.652. The van der Waals surface area contributed by atoms with Crippen LogP contribution in [0.4, 0.5) is 4.79 Å². The fourth-order valence-corrected chi connectivity index (χ4v) is 1.67. The molecule has 0 radical (unpaired) electrons. The molecule has 2 heterocycles. The lowest BCUT2D eigenvalue weighted by atomic mass is 10.1. The Hall–Kier alpha value is -1.52. The third-order valence-corrected chi connectivity index (χ3v) is 2.45. The number of aromatic amines is 1. The Labute approximate surface area is 82.7 Å².